The van der Waals surface area contributed by atoms with E-state index in [-0.39, 0.29) is 11.5 Å². The number of carbonyl (C=O) groups is 1. The van der Waals surface area contributed by atoms with Crippen molar-refractivity contribution in [1.82, 2.24) is 5.32 Å². The molecule has 0 aromatic rings. The summed E-state index contributed by atoms with van der Waals surface area (Å²) in [5.41, 5.74) is 4.73. The monoisotopic (exact) mass is 166 g/mol. The van der Waals surface area contributed by atoms with Crippen molar-refractivity contribution in [2.24, 2.45) is 11.7 Å². The molecule has 0 aromatic carbocycles. The minimum atomic E-state index is -0.482. The summed E-state index contributed by atoms with van der Waals surface area (Å²) in [5.74, 6) is 0.273. The second kappa shape index (κ2) is 3.01. The van der Waals surface area contributed by atoms with Crippen molar-refractivity contribution in [1.29, 1.82) is 0 Å². The SMILES string of the molecule is CC1C=CC=CC1(C)NC(N)=O. The van der Waals surface area contributed by atoms with Gasteiger partial charge >= 0.3 is 6.03 Å². The van der Waals surface area contributed by atoms with E-state index in [0.717, 1.165) is 0 Å². The van der Waals surface area contributed by atoms with Crippen molar-refractivity contribution in [3.63, 3.8) is 0 Å². The Balaban J connectivity index is 2.76. The lowest BCUT2D eigenvalue weighted by Crippen LogP contribution is -2.51. The van der Waals surface area contributed by atoms with E-state index < -0.39 is 6.03 Å². The zero-order valence-electron chi connectivity index (χ0n) is 7.37. The molecule has 0 fully saturated rings. The van der Waals surface area contributed by atoms with E-state index >= 15 is 0 Å². The van der Waals surface area contributed by atoms with Gasteiger partial charge in [-0.25, -0.2) is 4.79 Å². The molecule has 2 atom stereocenters. The summed E-state index contributed by atoms with van der Waals surface area (Å²) in [6, 6.07) is -0.482. The van der Waals surface area contributed by atoms with Gasteiger partial charge in [0, 0.05) is 5.92 Å². The summed E-state index contributed by atoms with van der Waals surface area (Å²) in [6.45, 7) is 3.98. The molecule has 0 aliphatic heterocycles. The molecule has 0 bridgehead atoms. The molecule has 0 spiro atoms. The first-order valence-electron chi connectivity index (χ1n) is 3.98. The first-order chi connectivity index (χ1) is 5.54. The Kier molecular flexibility index (Phi) is 2.22. The third kappa shape index (κ3) is 1.67. The lowest BCUT2D eigenvalue weighted by Gasteiger charge is -2.33. The van der Waals surface area contributed by atoms with Crippen molar-refractivity contribution >= 4 is 6.03 Å². The second-order valence-electron chi connectivity index (χ2n) is 3.30. The van der Waals surface area contributed by atoms with Crippen molar-refractivity contribution in [2.45, 2.75) is 19.4 Å². The summed E-state index contributed by atoms with van der Waals surface area (Å²) >= 11 is 0. The largest absolute Gasteiger partial charge is 0.352 e. The minimum Gasteiger partial charge on any atom is -0.352 e. The molecule has 2 unspecified atom stereocenters. The molecule has 0 saturated carbocycles. The maximum absolute atomic E-state index is 10.7. The van der Waals surface area contributed by atoms with Gasteiger partial charge in [0.25, 0.3) is 0 Å². The number of urea groups is 1. The van der Waals surface area contributed by atoms with Gasteiger partial charge < -0.3 is 11.1 Å². The van der Waals surface area contributed by atoms with E-state index in [1.165, 1.54) is 0 Å². The van der Waals surface area contributed by atoms with E-state index in [4.69, 9.17) is 5.73 Å². The van der Waals surface area contributed by atoms with Crippen LogP contribution in [0.2, 0.25) is 0 Å². The standard InChI is InChI=1S/C9H14N2O/c1-7-5-3-4-6-9(7,2)11-8(10)12/h3-7H,1-2H3,(H3,10,11,12). The molecule has 3 N–H and O–H groups in total. The minimum absolute atomic E-state index is 0.273. The van der Waals surface area contributed by atoms with E-state index in [1.807, 2.05) is 38.2 Å². The number of nitrogens with one attached hydrogen (secondary N) is 1. The van der Waals surface area contributed by atoms with Gasteiger partial charge in [-0.2, -0.15) is 0 Å². The van der Waals surface area contributed by atoms with Crippen LogP contribution in [-0.2, 0) is 0 Å². The van der Waals surface area contributed by atoms with Gasteiger partial charge in [-0.05, 0) is 6.92 Å². The van der Waals surface area contributed by atoms with Gasteiger partial charge in [0.1, 0.15) is 0 Å². The molecule has 0 saturated heterocycles. The maximum Gasteiger partial charge on any atom is 0.312 e. The van der Waals surface area contributed by atoms with E-state index in [2.05, 4.69) is 5.32 Å². The summed E-state index contributed by atoms with van der Waals surface area (Å²) in [7, 11) is 0. The predicted molar refractivity (Wildman–Crippen MR) is 48.6 cm³/mol. The Morgan fingerprint density at radius 1 is 1.58 bits per heavy atom. The average molecular weight is 166 g/mol. The Hall–Kier alpha value is -1.25. The molecule has 3 heteroatoms. The van der Waals surface area contributed by atoms with Crippen LogP contribution in [0.4, 0.5) is 4.79 Å². The van der Waals surface area contributed by atoms with Crippen LogP contribution in [0.3, 0.4) is 0 Å². The topological polar surface area (TPSA) is 55.1 Å². The van der Waals surface area contributed by atoms with Gasteiger partial charge in [0.05, 0.1) is 5.54 Å². The third-order valence-corrected chi connectivity index (χ3v) is 2.29. The molecule has 12 heavy (non-hydrogen) atoms. The predicted octanol–water partition coefficient (Wildman–Crippen LogP) is 1.18. The van der Waals surface area contributed by atoms with Gasteiger partial charge in [0.15, 0.2) is 0 Å². The van der Waals surface area contributed by atoms with E-state index in [0.29, 0.717) is 0 Å². The average Bonchev–Trinajstić information content (AvgIpc) is 1.94. The molecule has 0 radical (unpaired) electrons. The summed E-state index contributed by atoms with van der Waals surface area (Å²) < 4.78 is 0. The van der Waals surface area contributed by atoms with Crippen LogP contribution < -0.4 is 11.1 Å². The maximum atomic E-state index is 10.7. The highest BCUT2D eigenvalue weighted by Crippen LogP contribution is 2.23. The number of nitrogens with two attached hydrogens (primary N) is 1. The van der Waals surface area contributed by atoms with Crippen LogP contribution in [0.5, 0.6) is 0 Å². The normalized spacial score (nSPS) is 33.3. The van der Waals surface area contributed by atoms with Crippen molar-refractivity contribution in [3.05, 3.63) is 24.3 Å². The van der Waals surface area contributed by atoms with Crippen molar-refractivity contribution in [3.8, 4) is 0 Å². The highest BCUT2D eigenvalue weighted by Gasteiger charge is 2.28. The van der Waals surface area contributed by atoms with E-state index in [9.17, 15) is 4.79 Å². The van der Waals surface area contributed by atoms with Crippen molar-refractivity contribution < 1.29 is 4.79 Å². The van der Waals surface area contributed by atoms with Crippen LogP contribution in [0.25, 0.3) is 0 Å². The molecule has 1 rings (SSSR count). The number of rotatable bonds is 1. The molecule has 1 aliphatic carbocycles. The van der Waals surface area contributed by atoms with Crippen LogP contribution in [0, 0.1) is 5.92 Å². The molecule has 2 amide bonds. The van der Waals surface area contributed by atoms with Gasteiger partial charge in [-0.15, -0.1) is 0 Å². The van der Waals surface area contributed by atoms with Crippen molar-refractivity contribution in [2.75, 3.05) is 0 Å². The lowest BCUT2D eigenvalue weighted by molar-refractivity contribution is 0.236. The van der Waals surface area contributed by atoms with Crippen LogP contribution in [0.1, 0.15) is 13.8 Å². The Bertz CT molecular complexity index is 245. The van der Waals surface area contributed by atoms with Crippen LogP contribution in [-0.4, -0.2) is 11.6 Å². The fourth-order valence-corrected chi connectivity index (χ4v) is 1.26. The number of allylic oxidation sites excluding steroid dienone is 2. The quantitative estimate of drug-likeness (QED) is 0.603. The van der Waals surface area contributed by atoms with E-state index in [1.54, 1.807) is 0 Å². The third-order valence-electron chi connectivity index (χ3n) is 2.29. The molecule has 0 aromatic heterocycles. The van der Waals surface area contributed by atoms with Crippen LogP contribution >= 0.6 is 0 Å². The highest BCUT2D eigenvalue weighted by atomic mass is 16.2. The molecular formula is C9H14N2O. The number of hydrogen-bond donors (Lipinski definition) is 2. The smallest absolute Gasteiger partial charge is 0.312 e. The number of carbonyl (C=O) groups excluding carboxylic acids is 1. The zero-order chi connectivity index (χ0) is 9.19. The van der Waals surface area contributed by atoms with Gasteiger partial charge in [-0.3, -0.25) is 0 Å². The summed E-state index contributed by atoms with van der Waals surface area (Å²) in [5, 5.41) is 2.71. The number of hydrogen-bond acceptors (Lipinski definition) is 1. The molecule has 0 heterocycles. The summed E-state index contributed by atoms with van der Waals surface area (Å²) in [4.78, 5) is 10.7. The fourth-order valence-electron chi connectivity index (χ4n) is 1.26. The summed E-state index contributed by atoms with van der Waals surface area (Å²) in [6.07, 6.45) is 7.86. The molecule has 3 nitrogen and oxygen atoms in total. The zero-order valence-corrected chi connectivity index (χ0v) is 7.37. The molecular weight excluding hydrogens is 152 g/mol. The number of amides is 2. The number of primary amides is 1. The van der Waals surface area contributed by atoms with Gasteiger partial charge in [0.2, 0.25) is 0 Å². The first-order valence-corrected chi connectivity index (χ1v) is 3.98. The molecule has 66 valence electrons. The molecule has 1 aliphatic rings. The fraction of sp³-hybridized carbons (Fsp3) is 0.444. The Morgan fingerprint density at radius 2 is 2.25 bits per heavy atom. The Labute approximate surface area is 72.3 Å². The first kappa shape index (κ1) is 8.84. The second-order valence-corrected chi connectivity index (χ2v) is 3.30. The van der Waals surface area contributed by atoms with Gasteiger partial charge in [-0.1, -0.05) is 31.2 Å². The lowest BCUT2D eigenvalue weighted by atomic mass is 9.84. The van der Waals surface area contributed by atoms with Crippen LogP contribution in [0.15, 0.2) is 24.3 Å². The highest BCUT2D eigenvalue weighted by molar-refractivity contribution is 5.73. The Morgan fingerprint density at radius 3 is 2.75 bits per heavy atom.